The topological polar surface area (TPSA) is 84.5 Å². The van der Waals surface area contributed by atoms with Gasteiger partial charge in [-0.2, -0.15) is 0 Å². The molecule has 0 fully saturated rings. The molecule has 0 radical (unpaired) electrons. The Morgan fingerprint density at radius 3 is 2.25 bits per heavy atom. The molecule has 28 heavy (non-hydrogen) atoms. The molecule has 148 valence electrons. The van der Waals surface area contributed by atoms with Gasteiger partial charge in [-0.1, -0.05) is 23.7 Å². The van der Waals surface area contributed by atoms with Crippen molar-refractivity contribution in [2.24, 2.45) is 0 Å². The van der Waals surface area contributed by atoms with Crippen molar-refractivity contribution in [2.45, 2.75) is 24.7 Å². The van der Waals surface area contributed by atoms with Crippen LogP contribution in [0.1, 0.15) is 18.9 Å². The largest absolute Gasteiger partial charge is 0.484 e. The first-order valence-corrected chi connectivity index (χ1v) is 9.96. The Balaban J connectivity index is 1.64. The number of benzene rings is 2. The summed E-state index contributed by atoms with van der Waals surface area (Å²) in [6.07, 6.45) is 1.18. The highest BCUT2D eigenvalue weighted by Gasteiger charge is 2.07. The van der Waals surface area contributed by atoms with E-state index in [0.29, 0.717) is 23.6 Å². The fourth-order valence-electron chi connectivity index (χ4n) is 2.11. The van der Waals surface area contributed by atoms with Crippen LogP contribution in [0.2, 0.25) is 5.02 Å². The normalized spacial score (nSPS) is 10.2. The Labute approximate surface area is 173 Å². The molecule has 2 rings (SSSR count). The number of Topliss-reactive ketones (excluding diaryl/α,β-unsaturated/α-hetero) is 1. The molecule has 0 spiro atoms. The Bertz CT molecular complexity index is 810. The predicted molar refractivity (Wildman–Crippen MR) is 109 cm³/mol. The van der Waals surface area contributed by atoms with E-state index in [4.69, 9.17) is 16.3 Å². The maximum atomic E-state index is 11.8. The molecule has 0 aliphatic rings. The molecule has 0 saturated carbocycles. The molecule has 0 atom stereocenters. The van der Waals surface area contributed by atoms with Gasteiger partial charge in [0.2, 0.25) is 5.91 Å². The van der Waals surface area contributed by atoms with E-state index in [9.17, 15) is 14.4 Å². The molecule has 6 nitrogen and oxygen atoms in total. The van der Waals surface area contributed by atoms with Gasteiger partial charge >= 0.3 is 0 Å². The Kier molecular flexibility index (Phi) is 8.84. The molecule has 2 amide bonds. The van der Waals surface area contributed by atoms with Gasteiger partial charge in [-0.05, 0) is 55.3 Å². The first-order valence-electron chi connectivity index (χ1n) is 8.59. The average molecular weight is 421 g/mol. The van der Waals surface area contributed by atoms with Crippen LogP contribution >= 0.6 is 23.4 Å². The van der Waals surface area contributed by atoms with Crippen LogP contribution in [0.15, 0.2) is 53.4 Å². The van der Waals surface area contributed by atoms with Crippen molar-refractivity contribution in [3.8, 4) is 5.75 Å². The summed E-state index contributed by atoms with van der Waals surface area (Å²) in [6, 6.07) is 14.3. The Morgan fingerprint density at radius 2 is 1.61 bits per heavy atom. The molecule has 0 unspecified atom stereocenters. The number of nitrogens with one attached hydrogen (secondary N) is 2. The second-order valence-electron chi connectivity index (χ2n) is 5.97. The van der Waals surface area contributed by atoms with Crippen molar-refractivity contribution in [2.75, 3.05) is 12.4 Å². The van der Waals surface area contributed by atoms with Gasteiger partial charge in [0.1, 0.15) is 11.5 Å². The second kappa shape index (κ2) is 11.4. The standard InChI is InChI=1S/C20H21ClN2O4S/c1-14(24)2-3-15-4-8-17(9-5-15)27-12-19(25)22-23-20(26)13-28-18-10-6-16(21)7-11-18/h4-11H,2-3,12-13H2,1H3,(H,22,25)(H,23,26). The number of thioether (sulfide) groups is 1. The second-order valence-corrected chi connectivity index (χ2v) is 7.46. The van der Waals surface area contributed by atoms with Crippen LogP contribution in [0.25, 0.3) is 0 Å². The molecule has 0 aromatic heterocycles. The number of carbonyl (C=O) groups is 3. The van der Waals surface area contributed by atoms with Gasteiger partial charge in [0, 0.05) is 16.3 Å². The molecule has 0 heterocycles. The summed E-state index contributed by atoms with van der Waals surface area (Å²) in [5.74, 6) is 0.0374. The number of halogens is 1. The van der Waals surface area contributed by atoms with Gasteiger partial charge < -0.3 is 9.53 Å². The Hall–Kier alpha value is -2.51. The molecule has 0 aliphatic heterocycles. The van der Waals surface area contributed by atoms with E-state index in [1.807, 2.05) is 24.3 Å². The maximum absolute atomic E-state index is 11.8. The van der Waals surface area contributed by atoms with Crippen LogP contribution in [-0.2, 0) is 20.8 Å². The van der Waals surface area contributed by atoms with E-state index in [2.05, 4.69) is 10.9 Å². The summed E-state index contributed by atoms with van der Waals surface area (Å²) < 4.78 is 5.37. The third-order valence-electron chi connectivity index (χ3n) is 3.58. The summed E-state index contributed by atoms with van der Waals surface area (Å²) in [5, 5.41) is 0.631. The molecule has 0 saturated heterocycles. The van der Waals surface area contributed by atoms with E-state index in [1.165, 1.54) is 11.8 Å². The Morgan fingerprint density at radius 1 is 0.964 bits per heavy atom. The molecule has 8 heteroatoms. The minimum absolute atomic E-state index is 0.144. The zero-order chi connectivity index (χ0) is 20.4. The van der Waals surface area contributed by atoms with E-state index in [1.54, 1.807) is 31.2 Å². The fourth-order valence-corrected chi connectivity index (χ4v) is 2.94. The van der Waals surface area contributed by atoms with Gasteiger partial charge in [0.05, 0.1) is 5.75 Å². The molecule has 0 aliphatic carbocycles. The molecular formula is C20H21ClN2O4S. The van der Waals surface area contributed by atoms with E-state index >= 15 is 0 Å². The number of hydrazine groups is 1. The lowest BCUT2D eigenvalue weighted by atomic mass is 10.1. The van der Waals surface area contributed by atoms with Crippen molar-refractivity contribution in [1.29, 1.82) is 0 Å². The molecule has 2 aromatic rings. The van der Waals surface area contributed by atoms with Gasteiger partial charge in [-0.3, -0.25) is 20.4 Å². The summed E-state index contributed by atoms with van der Waals surface area (Å²) in [7, 11) is 0. The number of ether oxygens (including phenoxy) is 1. The minimum atomic E-state index is -0.467. The van der Waals surface area contributed by atoms with Crippen LogP contribution in [0.3, 0.4) is 0 Å². The van der Waals surface area contributed by atoms with Crippen molar-refractivity contribution in [3.63, 3.8) is 0 Å². The quantitative estimate of drug-likeness (QED) is 0.480. The number of hydrogen-bond acceptors (Lipinski definition) is 5. The summed E-state index contributed by atoms with van der Waals surface area (Å²) in [6.45, 7) is 1.34. The molecule has 2 aromatic carbocycles. The van der Waals surface area contributed by atoms with Crippen LogP contribution < -0.4 is 15.6 Å². The van der Waals surface area contributed by atoms with Gasteiger partial charge in [0.15, 0.2) is 6.61 Å². The highest BCUT2D eigenvalue weighted by Crippen LogP contribution is 2.19. The lowest BCUT2D eigenvalue weighted by Crippen LogP contribution is -2.44. The van der Waals surface area contributed by atoms with Crippen molar-refractivity contribution < 1.29 is 19.1 Å². The third kappa shape index (κ3) is 8.45. The molecule has 0 bridgehead atoms. The number of rotatable bonds is 9. The van der Waals surface area contributed by atoms with E-state index in [-0.39, 0.29) is 24.1 Å². The van der Waals surface area contributed by atoms with Gasteiger partial charge in [0.25, 0.3) is 5.91 Å². The summed E-state index contributed by atoms with van der Waals surface area (Å²) in [4.78, 5) is 35.4. The predicted octanol–water partition coefficient (Wildman–Crippen LogP) is 3.18. The van der Waals surface area contributed by atoms with Crippen molar-refractivity contribution in [1.82, 2.24) is 10.9 Å². The first kappa shape index (κ1) is 21.8. The average Bonchev–Trinajstić information content (AvgIpc) is 2.69. The summed E-state index contributed by atoms with van der Waals surface area (Å²) >= 11 is 7.14. The van der Waals surface area contributed by atoms with Crippen molar-refractivity contribution in [3.05, 3.63) is 59.1 Å². The highest BCUT2D eigenvalue weighted by atomic mass is 35.5. The highest BCUT2D eigenvalue weighted by molar-refractivity contribution is 8.00. The summed E-state index contributed by atoms with van der Waals surface area (Å²) in [5.41, 5.74) is 5.67. The maximum Gasteiger partial charge on any atom is 0.276 e. The number of ketones is 1. The monoisotopic (exact) mass is 420 g/mol. The number of hydrogen-bond donors (Lipinski definition) is 2. The third-order valence-corrected chi connectivity index (χ3v) is 4.85. The molecular weight excluding hydrogens is 400 g/mol. The first-order chi connectivity index (χ1) is 13.4. The zero-order valence-electron chi connectivity index (χ0n) is 15.4. The van der Waals surface area contributed by atoms with Crippen LogP contribution in [0.4, 0.5) is 0 Å². The van der Waals surface area contributed by atoms with E-state index in [0.717, 1.165) is 10.5 Å². The zero-order valence-corrected chi connectivity index (χ0v) is 16.9. The van der Waals surface area contributed by atoms with Crippen molar-refractivity contribution >= 4 is 41.0 Å². The number of aryl methyl sites for hydroxylation is 1. The van der Waals surface area contributed by atoms with Gasteiger partial charge in [-0.25, -0.2) is 0 Å². The smallest absolute Gasteiger partial charge is 0.276 e. The van der Waals surface area contributed by atoms with E-state index < -0.39 is 5.91 Å². The molecule has 2 N–H and O–H groups in total. The SMILES string of the molecule is CC(=O)CCc1ccc(OCC(=O)NNC(=O)CSc2ccc(Cl)cc2)cc1. The van der Waals surface area contributed by atoms with Crippen LogP contribution in [0.5, 0.6) is 5.75 Å². The van der Waals surface area contributed by atoms with Crippen LogP contribution in [-0.4, -0.2) is 30.0 Å². The lowest BCUT2D eigenvalue weighted by molar-refractivity contribution is -0.128. The minimum Gasteiger partial charge on any atom is -0.484 e. The lowest BCUT2D eigenvalue weighted by Gasteiger charge is -2.09. The van der Waals surface area contributed by atoms with Crippen LogP contribution in [0, 0.1) is 0 Å². The number of carbonyl (C=O) groups excluding carboxylic acids is 3. The van der Waals surface area contributed by atoms with Gasteiger partial charge in [-0.15, -0.1) is 11.8 Å². The number of amides is 2. The fraction of sp³-hybridized carbons (Fsp3) is 0.250.